The molecule has 0 saturated heterocycles. The number of aromatic nitrogens is 2. The minimum atomic E-state index is 0.669. The topological polar surface area (TPSA) is 56.2 Å². The fourth-order valence-electron chi connectivity index (χ4n) is 1.94. The van der Waals surface area contributed by atoms with Crippen molar-refractivity contribution in [1.29, 1.82) is 0 Å². The number of aliphatic imine (C=N–C) groups is 1. The van der Waals surface area contributed by atoms with Crippen LogP contribution in [0.1, 0.15) is 6.92 Å². The van der Waals surface area contributed by atoms with Gasteiger partial charge in [0.25, 0.3) is 0 Å². The molecule has 2 N–H and O–H groups in total. The summed E-state index contributed by atoms with van der Waals surface area (Å²) in [4.78, 5) is 4.39. The van der Waals surface area contributed by atoms with E-state index in [1.54, 1.807) is 0 Å². The Balaban J connectivity index is 2.15. The van der Waals surface area contributed by atoms with E-state index in [1.807, 2.05) is 41.9 Å². The Kier molecular flexibility index (Phi) is 1.83. The quantitative estimate of drug-likeness (QED) is 0.788. The summed E-state index contributed by atoms with van der Waals surface area (Å²) in [5.74, 6) is 0.788. The van der Waals surface area contributed by atoms with E-state index >= 15 is 0 Å². The van der Waals surface area contributed by atoms with E-state index in [2.05, 4.69) is 10.1 Å². The van der Waals surface area contributed by atoms with Gasteiger partial charge in [-0.05, 0) is 6.92 Å². The lowest BCUT2D eigenvalue weighted by atomic mass is 10.1. The van der Waals surface area contributed by atoms with Gasteiger partial charge in [0.15, 0.2) is 5.82 Å². The molecule has 0 aliphatic carbocycles. The van der Waals surface area contributed by atoms with Crippen LogP contribution in [0.15, 0.2) is 35.3 Å². The minimum absolute atomic E-state index is 0.669. The lowest BCUT2D eigenvalue weighted by molar-refractivity contribution is 0.754. The number of nitrogens with zero attached hydrogens (tertiary/aromatic N) is 3. The van der Waals surface area contributed by atoms with E-state index in [1.165, 1.54) is 0 Å². The largest absolute Gasteiger partial charge is 0.394 e. The third kappa shape index (κ3) is 1.23. The van der Waals surface area contributed by atoms with E-state index in [0.717, 1.165) is 29.3 Å². The molecule has 0 spiro atoms. The zero-order chi connectivity index (χ0) is 11.1. The molecule has 1 aliphatic heterocycles. The first kappa shape index (κ1) is 9.15. The number of hydrogen-bond donors (Lipinski definition) is 1. The molecule has 4 nitrogen and oxygen atoms in total. The van der Waals surface area contributed by atoms with Gasteiger partial charge in [-0.25, -0.2) is 9.67 Å². The Morgan fingerprint density at radius 1 is 1.25 bits per heavy atom. The molecule has 1 aromatic carbocycles. The first-order valence-electron chi connectivity index (χ1n) is 5.21. The monoisotopic (exact) mass is 212 g/mol. The Labute approximate surface area is 93.4 Å². The summed E-state index contributed by atoms with van der Waals surface area (Å²) >= 11 is 0. The first-order valence-corrected chi connectivity index (χ1v) is 5.21. The van der Waals surface area contributed by atoms with Crippen LogP contribution in [-0.2, 0) is 6.54 Å². The molecular formula is C12H12N4. The van der Waals surface area contributed by atoms with E-state index in [9.17, 15) is 0 Å². The molecular weight excluding hydrogens is 200 g/mol. The number of fused-ring (bicyclic) bond motifs is 1. The molecule has 1 aliphatic rings. The fraction of sp³-hybridized carbons (Fsp3) is 0.167. The summed E-state index contributed by atoms with van der Waals surface area (Å²) < 4.78 is 1.85. The van der Waals surface area contributed by atoms with Crippen molar-refractivity contribution >= 4 is 17.2 Å². The van der Waals surface area contributed by atoms with Crippen molar-refractivity contribution in [2.45, 2.75) is 13.5 Å². The van der Waals surface area contributed by atoms with Crippen molar-refractivity contribution in [3.8, 4) is 11.3 Å². The maximum absolute atomic E-state index is 6.06. The third-order valence-electron chi connectivity index (χ3n) is 2.68. The second kappa shape index (κ2) is 3.20. The standard InChI is InChI=1S/C12H12N4/c1-8-7-16-12(14-8)10(13)11(15-16)9-5-3-2-4-6-9/h2-6H,7,13H2,1H3. The van der Waals surface area contributed by atoms with Crippen LogP contribution in [0, 0.1) is 0 Å². The smallest absolute Gasteiger partial charge is 0.175 e. The summed E-state index contributed by atoms with van der Waals surface area (Å²) in [6.45, 7) is 2.72. The Morgan fingerprint density at radius 3 is 2.69 bits per heavy atom. The van der Waals surface area contributed by atoms with Gasteiger partial charge >= 0.3 is 0 Å². The molecule has 0 bridgehead atoms. The number of nitrogens with two attached hydrogens (primary N) is 1. The van der Waals surface area contributed by atoms with Gasteiger partial charge in [0, 0.05) is 11.3 Å². The normalized spacial score (nSPS) is 13.7. The van der Waals surface area contributed by atoms with Gasteiger partial charge in [0.1, 0.15) is 11.4 Å². The van der Waals surface area contributed by atoms with E-state index in [0.29, 0.717) is 5.69 Å². The second-order valence-corrected chi connectivity index (χ2v) is 3.96. The molecule has 0 unspecified atom stereocenters. The average molecular weight is 212 g/mol. The van der Waals surface area contributed by atoms with Crippen molar-refractivity contribution in [1.82, 2.24) is 9.78 Å². The van der Waals surface area contributed by atoms with Crippen LogP contribution in [-0.4, -0.2) is 15.5 Å². The molecule has 0 atom stereocenters. The predicted molar refractivity (Wildman–Crippen MR) is 64.8 cm³/mol. The Morgan fingerprint density at radius 2 is 2.00 bits per heavy atom. The van der Waals surface area contributed by atoms with Crippen LogP contribution in [0.2, 0.25) is 0 Å². The van der Waals surface area contributed by atoms with Crippen molar-refractivity contribution in [3.05, 3.63) is 30.3 Å². The molecule has 2 aromatic rings. The average Bonchev–Trinajstić information content (AvgIpc) is 2.79. The molecule has 2 heterocycles. The first-order chi connectivity index (χ1) is 7.75. The van der Waals surface area contributed by atoms with Crippen LogP contribution in [0.5, 0.6) is 0 Å². The summed E-state index contributed by atoms with van der Waals surface area (Å²) in [6.07, 6.45) is 0. The maximum atomic E-state index is 6.06. The molecule has 3 rings (SSSR count). The number of rotatable bonds is 1. The molecule has 1 aromatic heterocycles. The highest BCUT2D eigenvalue weighted by atomic mass is 15.4. The lowest BCUT2D eigenvalue weighted by Crippen LogP contribution is -2.00. The third-order valence-corrected chi connectivity index (χ3v) is 2.68. The van der Waals surface area contributed by atoms with Gasteiger partial charge in [-0.3, -0.25) is 0 Å². The molecule has 0 radical (unpaired) electrons. The summed E-state index contributed by atoms with van der Waals surface area (Å²) in [5, 5.41) is 4.49. The SMILES string of the molecule is CC1=Nc2c(N)c(-c3ccccc3)nn2C1. The molecule has 16 heavy (non-hydrogen) atoms. The number of benzene rings is 1. The molecule has 4 heteroatoms. The van der Waals surface area contributed by atoms with Gasteiger partial charge in [-0.15, -0.1) is 0 Å². The highest BCUT2D eigenvalue weighted by molar-refractivity contribution is 5.92. The summed E-state index contributed by atoms with van der Waals surface area (Å²) in [5.41, 5.74) is 9.64. The highest BCUT2D eigenvalue weighted by Crippen LogP contribution is 2.35. The van der Waals surface area contributed by atoms with E-state index < -0.39 is 0 Å². The Hall–Kier alpha value is -2.10. The van der Waals surface area contributed by atoms with Crippen LogP contribution >= 0.6 is 0 Å². The van der Waals surface area contributed by atoms with Crippen LogP contribution in [0.25, 0.3) is 11.3 Å². The van der Waals surface area contributed by atoms with Gasteiger partial charge < -0.3 is 5.73 Å². The second-order valence-electron chi connectivity index (χ2n) is 3.96. The Bertz CT molecular complexity index is 566. The lowest BCUT2D eigenvalue weighted by Gasteiger charge is -1.97. The van der Waals surface area contributed by atoms with E-state index in [4.69, 9.17) is 5.73 Å². The van der Waals surface area contributed by atoms with Crippen LogP contribution in [0.3, 0.4) is 0 Å². The highest BCUT2D eigenvalue weighted by Gasteiger charge is 2.20. The zero-order valence-electron chi connectivity index (χ0n) is 9.01. The summed E-state index contributed by atoms with van der Waals surface area (Å²) in [6, 6.07) is 9.95. The molecule has 0 saturated carbocycles. The van der Waals surface area contributed by atoms with Crippen LogP contribution in [0.4, 0.5) is 11.5 Å². The van der Waals surface area contributed by atoms with Crippen molar-refractivity contribution < 1.29 is 0 Å². The van der Waals surface area contributed by atoms with Crippen LogP contribution < -0.4 is 5.73 Å². The fourth-order valence-corrected chi connectivity index (χ4v) is 1.94. The number of nitrogen functional groups attached to an aromatic ring is 1. The van der Waals surface area contributed by atoms with Gasteiger partial charge in [0.05, 0.1) is 6.54 Å². The van der Waals surface area contributed by atoms with Crippen molar-refractivity contribution in [2.75, 3.05) is 5.73 Å². The summed E-state index contributed by atoms with van der Waals surface area (Å²) in [7, 11) is 0. The maximum Gasteiger partial charge on any atom is 0.175 e. The number of anilines is 1. The minimum Gasteiger partial charge on any atom is -0.394 e. The van der Waals surface area contributed by atoms with E-state index in [-0.39, 0.29) is 0 Å². The molecule has 80 valence electrons. The van der Waals surface area contributed by atoms with Crippen molar-refractivity contribution in [3.63, 3.8) is 0 Å². The van der Waals surface area contributed by atoms with Gasteiger partial charge in [-0.1, -0.05) is 30.3 Å². The van der Waals surface area contributed by atoms with Crippen molar-refractivity contribution in [2.24, 2.45) is 4.99 Å². The molecule has 0 amide bonds. The molecule has 0 fully saturated rings. The number of hydrogen-bond acceptors (Lipinski definition) is 3. The zero-order valence-corrected chi connectivity index (χ0v) is 9.01. The predicted octanol–water partition coefficient (Wildman–Crippen LogP) is 2.24. The van der Waals surface area contributed by atoms with Gasteiger partial charge in [-0.2, -0.15) is 5.10 Å². The van der Waals surface area contributed by atoms with Gasteiger partial charge in [0.2, 0.25) is 0 Å².